The number of nitrogens with one attached hydrogen (secondary N) is 1. The number of nitrogens with zero attached hydrogens (tertiary/aromatic N) is 3. The van der Waals surface area contributed by atoms with E-state index >= 15 is 0 Å². The molecule has 0 aliphatic carbocycles. The van der Waals surface area contributed by atoms with Gasteiger partial charge in [-0.1, -0.05) is 43.9 Å². The molecular weight excluding hydrogens is 546 g/mol. The second-order valence-electron chi connectivity index (χ2n) is 11.1. The van der Waals surface area contributed by atoms with Gasteiger partial charge >= 0.3 is 6.03 Å². The van der Waals surface area contributed by atoms with Gasteiger partial charge in [-0.15, -0.1) is 11.3 Å². The number of imide groups is 1. The molecule has 1 aliphatic rings. The molecule has 10 nitrogen and oxygen atoms in total. The van der Waals surface area contributed by atoms with Gasteiger partial charge in [-0.05, 0) is 29.8 Å². The Morgan fingerprint density at radius 2 is 1.90 bits per heavy atom. The molecule has 0 spiro atoms. The summed E-state index contributed by atoms with van der Waals surface area (Å²) in [5, 5.41) is 17.7. The Labute approximate surface area is 237 Å². The number of ether oxygens (including phenoxy) is 2. The van der Waals surface area contributed by atoms with E-state index in [-0.39, 0.29) is 19.2 Å². The minimum absolute atomic E-state index is 0.0327. The van der Waals surface area contributed by atoms with Crippen LogP contribution in [0.2, 0.25) is 25.7 Å². The number of hydrogen-bond acceptors (Lipinski definition) is 8. The highest BCUT2D eigenvalue weighted by molar-refractivity contribution is 7.13. The largest absolute Gasteiger partial charge is 0.497 e. The molecule has 0 radical (unpaired) electrons. The van der Waals surface area contributed by atoms with Crippen LogP contribution in [0.4, 0.5) is 9.93 Å². The fraction of sp³-hybridized carbons (Fsp3) is 0.321. The summed E-state index contributed by atoms with van der Waals surface area (Å²) in [5.74, 6) is 0.112. The van der Waals surface area contributed by atoms with E-state index in [1.54, 1.807) is 42.1 Å². The number of hydrogen-bond donors (Lipinski definition) is 3. The third kappa shape index (κ3) is 5.29. The zero-order valence-electron chi connectivity index (χ0n) is 22.9. The molecule has 12 heteroatoms. The number of nitrogens with two attached hydrogens (primary N) is 1. The summed E-state index contributed by atoms with van der Waals surface area (Å²) in [5.41, 5.74) is 6.45. The van der Waals surface area contributed by atoms with Crippen LogP contribution in [0.5, 0.6) is 11.6 Å². The highest BCUT2D eigenvalue weighted by atomic mass is 32.1. The minimum Gasteiger partial charge on any atom is -0.497 e. The van der Waals surface area contributed by atoms with Crippen molar-refractivity contribution >= 4 is 47.3 Å². The first-order valence-electron chi connectivity index (χ1n) is 12.9. The Bertz CT molecular complexity index is 1560. The molecule has 5 rings (SSSR count). The van der Waals surface area contributed by atoms with Crippen molar-refractivity contribution in [3.05, 3.63) is 59.6 Å². The van der Waals surface area contributed by atoms with Crippen LogP contribution in [0, 0.1) is 0 Å². The fourth-order valence-corrected chi connectivity index (χ4v) is 6.07. The van der Waals surface area contributed by atoms with E-state index in [1.165, 1.54) is 11.3 Å². The molecule has 1 saturated heterocycles. The van der Waals surface area contributed by atoms with Crippen molar-refractivity contribution in [2.45, 2.75) is 37.8 Å². The first kappa shape index (κ1) is 27.7. The van der Waals surface area contributed by atoms with Gasteiger partial charge in [0.1, 0.15) is 12.5 Å². The standard InChI is InChI=1S/C28H33N5O5SSi/c1-37-21-10-7-19-14-32(24(34)22(19)13-21)16-28(20-8-5-18(6-9-20)23-15-39-26(29)30-23)25(35)33(27(36)31-28)17-38-11-12-40(2,3)4/h5-10,13-15,34H,11-12,16-17H2,1-4H3,(H2,29,30)(H,31,36). The summed E-state index contributed by atoms with van der Waals surface area (Å²) in [6, 6.07) is 13.0. The maximum atomic E-state index is 14.0. The number of fused-ring (bicyclic) bond motifs is 1. The highest BCUT2D eigenvalue weighted by Gasteiger charge is 2.53. The Balaban J connectivity index is 1.50. The Hall–Kier alpha value is -3.87. The van der Waals surface area contributed by atoms with Gasteiger partial charge in [-0.3, -0.25) is 4.79 Å². The van der Waals surface area contributed by atoms with E-state index in [4.69, 9.17) is 15.2 Å². The molecule has 0 bridgehead atoms. The lowest BCUT2D eigenvalue weighted by Crippen LogP contribution is -2.47. The topological polar surface area (TPSA) is 132 Å². The van der Waals surface area contributed by atoms with E-state index in [0.29, 0.717) is 28.4 Å². The van der Waals surface area contributed by atoms with Crippen molar-refractivity contribution in [2.24, 2.45) is 0 Å². The van der Waals surface area contributed by atoms with Gasteiger partial charge < -0.3 is 30.2 Å². The highest BCUT2D eigenvalue weighted by Crippen LogP contribution is 2.37. The van der Waals surface area contributed by atoms with Crippen molar-refractivity contribution in [2.75, 3.05) is 26.2 Å². The smallest absolute Gasteiger partial charge is 0.327 e. The zero-order valence-corrected chi connectivity index (χ0v) is 24.7. The summed E-state index contributed by atoms with van der Waals surface area (Å²) in [7, 11) is 0.214. The van der Waals surface area contributed by atoms with Crippen molar-refractivity contribution in [3.8, 4) is 22.9 Å². The van der Waals surface area contributed by atoms with E-state index in [9.17, 15) is 14.7 Å². The normalized spacial score (nSPS) is 17.6. The van der Waals surface area contributed by atoms with Gasteiger partial charge in [0, 0.05) is 42.6 Å². The molecule has 0 saturated carbocycles. The van der Waals surface area contributed by atoms with E-state index in [1.807, 2.05) is 23.6 Å². The molecule has 2 aromatic carbocycles. The number of methoxy groups -OCH3 is 1. The van der Waals surface area contributed by atoms with Crippen LogP contribution >= 0.6 is 11.3 Å². The van der Waals surface area contributed by atoms with E-state index < -0.39 is 25.6 Å². The third-order valence-corrected chi connectivity index (χ3v) is 9.44. The van der Waals surface area contributed by atoms with Crippen LogP contribution in [-0.4, -0.2) is 60.0 Å². The molecule has 210 valence electrons. The van der Waals surface area contributed by atoms with Gasteiger partial charge in [-0.25, -0.2) is 14.7 Å². The van der Waals surface area contributed by atoms with Gasteiger partial charge in [0.15, 0.2) is 16.6 Å². The molecule has 1 unspecified atom stereocenters. The van der Waals surface area contributed by atoms with E-state index in [0.717, 1.165) is 27.6 Å². The molecule has 4 N–H and O–H groups in total. The lowest BCUT2D eigenvalue weighted by Gasteiger charge is -2.28. The monoisotopic (exact) mass is 579 g/mol. The number of aromatic hydroxyl groups is 1. The Kier molecular flexibility index (Phi) is 7.34. The van der Waals surface area contributed by atoms with Gasteiger partial charge in [0.2, 0.25) is 0 Å². The number of nitrogen functional groups attached to an aromatic ring is 1. The molecular formula is C28H33N5O5SSi. The molecule has 2 aromatic heterocycles. The number of carbonyl (C=O) groups is 2. The zero-order chi connectivity index (χ0) is 28.7. The van der Waals surface area contributed by atoms with Crippen LogP contribution in [0.15, 0.2) is 54.0 Å². The molecule has 1 atom stereocenters. The SMILES string of the molecule is COc1ccc2cn(CC3(c4ccc(-c5csc(N)n5)cc4)NC(=O)N(COCC[Si](C)(C)C)C3=O)c(O)c2c1. The first-order valence-corrected chi connectivity index (χ1v) is 17.5. The number of amides is 3. The molecule has 40 heavy (non-hydrogen) atoms. The van der Waals surface area contributed by atoms with Crippen molar-refractivity contribution in [1.29, 1.82) is 0 Å². The molecule has 3 heterocycles. The maximum absolute atomic E-state index is 14.0. The summed E-state index contributed by atoms with van der Waals surface area (Å²) < 4.78 is 12.7. The second-order valence-corrected chi connectivity index (χ2v) is 17.6. The predicted octanol–water partition coefficient (Wildman–Crippen LogP) is 4.82. The average molecular weight is 580 g/mol. The van der Waals surface area contributed by atoms with Gasteiger partial charge in [0.05, 0.1) is 19.3 Å². The van der Waals surface area contributed by atoms with Gasteiger partial charge in [0.25, 0.3) is 5.91 Å². The van der Waals surface area contributed by atoms with Gasteiger partial charge in [-0.2, -0.15) is 0 Å². The fourth-order valence-electron chi connectivity index (χ4n) is 4.75. The van der Waals surface area contributed by atoms with E-state index in [2.05, 4.69) is 29.9 Å². The van der Waals surface area contributed by atoms with Crippen LogP contribution < -0.4 is 15.8 Å². The van der Waals surface area contributed by atoms with Crippen LogP contribution in [0.25, 0.3) is 22.0 Å². The summed E-state index contributed by atoms with van der Waals surface area (Å²) >= 11 is 1.35. The Morgan fingerprint density at radius 1 is 1.15 bits per heavy atom. The number of carbonyl (C=O) groups excluding carboxylic acids is 2. The van der Waals surface area contributed by atoms with Crippen molar-refractivity contribution < 1.29 is 24.2 Å². The first-order chi connectivity index (χ1) is 19.0. The number of thiazole rings is 1. The molecule has 4 aromatic rings. The quantitative estimate of drug-likeness (QED) is 0.139. The number of rotatable bonds is 10. The maximum Gasteiger partial charge on any atom is 0.327 e. The van der Waals surface area contributed by atoms with Crippen LogP contribution in [0.3, 0.4) is 0 Å². The van der Waals surface area contributed by atoms with Crippen LogP contribution in [0.1, 0.15) is 5.56 Å². The summed E-state index contributed by atoms with van der Waals surface area (Å²) in [4.78, 5) is 32.7. The van der Waals surface area contributed by atoms with Crippen molar-refractivity contribution in [3.63, 3.8) is 0 Å². The number of aromatic nitrogens is 2. The molecule has 1 fully saturated rings. The second kappa shape index (κ2) is 10.6. The number of urea groups is 1. The molecule has 1 aliphatic heterocycles. The lowest BCUT2D eigenvalue weighted by molar-refractivity contribution is -0.135. The Morgan fingerprint density at radius 3 is 2.55 bits per heavy atom. The summed E-state index contributed by atoms with van der Waals surface area (Å²) in [6.45, 7) is 7.00. The predicted molar refractivity (Wildman–Crippen MR) is 158 cm³/mol. The summed E-state index contributed by atoms with van der Waals surface area (Å²) in [6.07, 6.45) is 1.75. The third-order valence-electron chi connectivity index (χ3n) is 7.06. The minimum atomic E-state index is -1.48. The number of benzene rings is 2. The lowest BCUT2D eigenvalue weighted by atomic mass is 9.88. The van der Waals surface area contributed by atoms with Crippen molar-refractivity contribution in [1.82, 2.24) is 19.8 Å². The molecule has 3 amide bonds. The number of anilines is 1. The van der Waals surface area contributed by atoms with Crippen LogP contribution in [-0.2, 0) is 21.6 Å². The average Bonchev–Trinajstić information content (AvgIpc) is 3.56.